The van der Waals surface area contributed by atoms with Crippen LogP contribution >= 0.6 is 11.3 Å². The number of nitrogens with one attached hydrogen (secondary N) is 1. The fraction of sp³-hybridized carbons (Fsp3) is 0.643. The molecular weight excluding hydrogens is 258 g/mol. The van der Waals surface area contributed by atoms with Crippen molar-refractivity contribution in [3.05, 3.63) is 21.9 Å². The molecule has 3 unspecified atom stereocenters. The largest absolute Gasteiger partial charge is 0.353 e. The van der Waals surface area contributed by atoms with Crippen molar-refractivity contribution in [2.45, 2.75) is 45.3 Å². The molecule has 1 amide bonds. The molecule has 4 nitrogen and oxygen atoms in total. The van der Waals surface area contributed by atoms with Gasteiger partial charge in [-0.2, -0.15) is 0 Å². The van der Waals surface area contributed by atoms with Crippen molar-refractivity contribution >= 4 is 17.2 Å². The molecule has 1 fully saturated rings. The highest BCUT2D eigenvalue weighted by atomic mass is 32.1. The quantitative estimate of drug-likeness (QED) is 0.882. The van der Waals surface area contributed by atoms with E-state index in [-0.39, 0.29) is 24.0 Å². The van der Waals surface area contributed by atoms with E-state index in [9.17, 15) is 4.79 Å². The molecule has 3 atom stereocenters. The molecule has 0 aliphatic carbocycles. The van der Waals surface area contributed by atoms with Crippen molar-refractivity contribution in [3.8, 4) is 0 Å². The van der Waals surface area contributed by atoms with Crippen LogP contribution in [0, 0.1) is 6.92 Å². The molecule has 0 aromatic carbocycles. The Morgan fingerprint density at radius 3 is 2.95 bits per heavy atom. The molecule has 0 saturated carbocycles. The van der Waals surface area contributed by atoms with Gasteiger partial charge in [-0.15, -0.1) is 11.3 Å². The minimum atomic E-state index is -0.113. The smallest absolute Gasteiger partial charge is 0.237 e. The molecule has 0 bridgehead atoms. The summed E-state index contributed by atoms with van der Waals surface area (Å²) in [5, 5.41) is 5.02. The fourth-order valence-electron chi connectivity index (χ4n) is 2.68. The third-order valence-electron chi connectivity index (χ3n) is 3.95. The summed E-state index contributed by atoms with van der Waals surface area (Å²) in [6.45, 7) is 7.77. The van der Waals surface area contributed by atoms with E-state index in [2.05, 4.69) is 35.5 Å². The number of hydrogen-bond donors (Lipinski definition) is 2. The van der Waals surface area contributed by atoms with Crippen molar-refractivity contribution < 1.29 is 4.79 Å². The zero-order chi connectivity index (χ0) is 14.0. The summed E-state index contributed by atoms with van der Waals surface area (Å²) < 4.78 is 0. The fourth-order valence-corrected chi connectivity index (χ4v) is 3.80. The van der Waals surface area contributed by atoms with E-state index in [1.807, 2.05) is 6.92 Å². The lowest BCUT2D eigenvalue weighted by Gasteiger charge is -2.41. The Morgan fingerprint density at radius 1 is 1.63 bits per heavy atom. The molecule has 1 aromatic heterocycles. The highest BCUT2D eigenvalue weighted by molar-refractivity contribution is 7.10. The first-order chi connectivity index (χ1) is 9.06. The molecular formula is C14H23N3OS. The maximum atomic E-state index is 11.9. The Labute approximate surface area is 119 Å². The Bertz CT molecular complexity index is 446. The molecule has 1 saturated heterocycles. The number of nitrogens with two attached hydrogens (primary N) is 1. The Hall–Kier alpha value is -0.910. The maximum Gasteiger partial charge on any atom is 0.237 e. The molecule has 2 heterocycles. The van der Waals surface area contributed by atoms with Gasteiger partial charge in [0.2, 0.25) is 5.91 Å². The first kappa shape index (κ1) is 14.5. The average molecular weight is 281 g/mol. The summed E-state index contributed by atoms with van der Waals surface area (Å²) in [6, 6.07) is 2.22. The van der Waals surface area contributed by atoms with Crippen molar-refractivity contribution in [2.24, 2.45) is 5.73 Å². The second-order valence-corrected chi connectivity index (χ2v) is 6.14. The van der Waals surface area contributed by atoms with Crippen molar-refractivity contribution in [1.82, 2.24) is 10.2 Å². The van der Waals surface area contributed by atoms with E-state index in [1.165, 1.54) is 10.4 Å². The highest BCUT2D eigenvalue weighted by Gasteiger charge is 2.35. The molecule has 3 N–H and O–H groups in total. The lowest BCUT2D eigenvalue weighted by molar-refractivity contribution is -0.129. The molecule has 19 heavy (non-hydrogen) atoms. The summed E-state index contributed by atoms with van der Waals surface area (Å²) in [4.78, 5) is 15.4. The van der Waals surface area contributed by atoms with Crippen LogP contribution in [0.2, 0.25) is 0 Å². The van der Waals surface area contributed by atoms with Gasteiger partial charge in [-0.3, -0.25) is 9.69 Å². The van der Waals surface area contributed by atoms with Crippen molar-refractivity contribution in [1.29, 1.82) is 0 Å². The van der Waals surface area contributed by atoms with E-state index in [1.54, 1.807) is 11.3 Å². The molecule has 1 aliphatic heterocycles. The third kappa shape index (κ3) is 2.83. The molecule has 5 heteroatoms. The number of rotatable bonds is 4. The Morgan fingerprint density at radius 2 is 2.37 bits per heavy atom. The Balaban J connectivity index is 2.32. The minimum Gasteiger partial charge on any atom is -0.353 e. The van der Waals surface area contributed by atoms with Gasteiger partial charge >= 0.3 is 0 Å². The topological polar surface area (TPSA) is 58.4 Å². The minimum absolute atomic E-state index is 0.0608. The summed E-state index contributed by atoms with van der Waals surface area (Å²) in [6.07, 6.45) is 0.910. The molecule has 0 spiro atoms. The summed E-state index contributed by atoms with van der Waals surface area (Å²) in [5.74, 6) is 0.105. The SMILES string of the molecule is CCC(N)C(c1sccc1C)N1CCNC(=O)C1C. The summed E-state index contributed by atoms with van der Waals surface area (Å²) in [5.41, 5.74) is 7.62. The van der Waals surface area contributed by atoms with Crippen LogP contribution in [-0.2, 0) is 4.79 Å². The van der Waals surface area contributed by atoms with Gasteiger partial charge in [0.15, 0.2) is 0 Å². The molecule has 2 rings (SSSR count). The highest BCUT2D eigenvalue weighted by Crippen LogP contribution is 2.33. The first-order valence-corrected chi connectivity index (χ1v) is 7.77. The van der Waals surface area contributed by atoms with Gasteiger partial charge in [0.25, 0.3) is 0 Å². The number of piperazine rings is 1. The number of thiophene rings is 1. The van der Waals surface area contributed by atoms with E-state index in [0.29, 0.717) is 6.54 Å². The predicted molar refractivity (Wildman–Crippen MR) is 79.2 cm³/mol. The van der Waals surface area contributed by atoms with Crippen LogP contribution in [0.4, 0.5) is 0 Å². The number of nitrogens with zero attached hydrogens (tertiary/aromatic N) is 1. The monoisotopic (exact) mass is 281 g/mol. The predicted octanol–water partition coefficient (Wildman–Crippen LogP) is 1.66. The second kappa shape index (κ2) is 6.03. The number of hydrogen-bond acceptors (Lipinski definition) is 4. The van der Waals surface area contributed by atoms with Crippen molar-refractivity contribution in [2.75, 3.05) is 13.1 Å². The first-order valence-electron chi connectivity index (χ1n) is 6.89. The van der Waals surface area contributed by atoms with Crippen LogP contribution in [0.15, 0.2) is 11.4 Å². The normalized spacial score (nSPS) is 24.0. The average Bonchev–Trinajstić information content (AvgIpc) is 2.81. The van der Waals surface area contributed by atoms with Crippen LogP contribution in [0.3, 0.4) is 0 Å². The van der Waals surface area contributed by atoms with Crippen molar-refractivity contribution in [3.63, 3.8) is 0 Å². The van der Waals surface area contributed by atoms with E-state index in [0.717, 1.165) is 13.0 Å². The van der Waals surface area contributed by atoms with Gasteiger partial charge in [-0.1, -0.05) is 6.92 Å². The van der Waals surface area contributed by atoms with Crippen LogP contribution in [0.25, 0.3) is 0 Å². The zero-order valence-corrected chi connectivity index (χ0v) is 12.7. The van der Waals surface area contributed by atoms with E-state index < -0.39 is 0 Å². The zero-order valence-electron chi connectivity index (χ0n) is 11.8. The maximum absolute atomic E-state index is 11.9. The summed E-state index contributed by atoms with van der Waals surface area (Å²) in [7, 11) is 0. The van der Waals surface area contributed by atoms with Gasteiger partial charge in [-0.25, -0.2) is 0 Å². The molecule has 0 radical (unpaired) electrons. The van der Waals surface area contributed by atoms with Crippen LogP contribution in [0.5, 0.6) is 0 Å². The van der Waals surface area contributed by atoms with Gasteiger partial charge in [0.1, 0.15) is 0 Å². The molecule has 1 aromatic rings. The van der Waals surface area contributed by atoms with E-state index in [4.69, 9.17) is 5.73 Å². The number of aryl methyl sites for hydroxylation is 1. The van der Waals surface area contributed by atoms with Gasteiger partial charge in [0, 0.05) is 24.0 Å². The third-order valence-corrected chi connectivity index (χ3v) is 5.04. The lowest BCUT2D eigenvalue weighted by Crippen LogP contribution is -2.57. The van der Waals surface area contributed by atoms with Crippen LogP contribution < -0.4 is 11.1 Å². The summed E-state index contributed by atoms with van der Waals surface area (Å²) >= 11 is 1.74. The number of carbonyl (C=O) groups excluding carboxylic acids is 1. The lowest BCUT2D eigenvalue weighted by atomic mass is 9.98. The standard InChI is InChI=1S/C14H23N3OS/c1-4-11(15)12(13-9(2)5-8-19-13)17-7-6-16-14(18)10(17)3/h5,8,10-12H,4,6-7,15H2,1-3H3,(H,16,18). The van der Waals surface area contributed by atoms with Gasteiger partial charge in [-0.05, 0) is 37.3 Å². The van der Waals surface area contributed by atoms with Gasteiger partial charge < -0.3 is 11.1 Å². The number of amides is 1. The number of carbonyl (C=O) groups is 1. The van der Waals surface area contributed by atoms with Crippen LogP contribution in [0.1, 0.15) is 36.8 Å². The molecule has 1 aliphatic rings. The second-order valence-electron chi connectivity index (χ2n) is 5.19. The van der Waals surface area contributed by atoms with Crippen LogP contribution in [-0.4, -0.2) is 36.0 Å². The Kier molecular flexibility index (Phi) is 4.60. The molecule has 106 valence electrons. The van der Waals surface area contributed by atoms with E-state index >= 15 is 0 Å². The van der Waals surface area contributed by atoms with Gasteiger partial charge in [0.05, 0.1) is 12.1 Å².